The van der Waals surface area contributed by atoms with E-state index in [0.29, 0.717) is 34.3 Å². The number of hydrogen-bond acceptors (Lipinski definition) is 10. The summed E-state index contributed by atoms with van der Waals surface area (Å²) in [5.74, 6) is 1.60. The minimum Gasteiger partial charge on any atom is -0.502 e. The van der Waals surface area contributed by atoms with Gasteiger partial charge in [-0.15, -0.1) is 0 Å². The van der Waals surface area contributed by atoms with Crippen molar-refractivity contribution < 1.29 is 18.1 Å². The number of nitrogens with zero attached hydrogens (tertiary/aromatic N) is 5. The summed E-state index contributed by atoms with van der Waals surface area (Å²) >= 11 is 2.11. The van der Waals surface area contributed by atoms with Crippen molar-refractivity contribution in [2.45, 2.75) is 24.3 Å². The fourth-order valence-corrected chi connectivity index (χ4v) is 4.58. The van der Waals surface area contributed by atoms with Gasteiger partial charge in [0.1, 0.15) is 67.0 Å². The van der Waals surface area contributed by atoms with E-state index < -0.39 is 10.8 Å². The maximum Gasteiger partial charge on any atom is 0.248 e. The van der Waals surface area contributed by atoms with Crippen molar-refractivity contribution >= 4 is 73.0 Å². The van der Waals surface area contributed by atoms with E-state index in [0.717, 1.165) is 11.4 Å². The van der Waals surface area contributed by atoms with Gasteiger partial charge < -0.3 is 18.1 Å². The van der Waals surface area contributed by atoms with Gasteiger partial charge in [0.15, 0.2) is 0 Å². The zero-order valence-electron chi connectivity index (χ0n) is 19.4. The summed E-state index contributed by atoms with van der Waals surface area (Å²) in [6.45, 7) is 2.15. The van der Waals surface area contributed by atoms with Gasteiger partial charge in [0.25, 0.3) is 0 Å². The van der Waals surface area contributed by atoms with Crippen molar-refractivity contribution in [1.82, 2.24) is 24.9 Å². The molecule has 0 N–H and O–H groups in total. The molecule has 4 heterocycles. The molecule has 9 nitrogen and oxygen atoms in total. The first-order valence-corrected chi connectivity index (χ1v) is 13.7. The van der Waals surface area contributed by atoms with Gasteiger partial charge in [-0.25, -0.2) is 19.9 Å². The maximum atomic E-state index is 6.15. The second-order valence-corrected chi connectivity index (χ2v) is 9.97. The first-order valence-electron chi connectivity index (χ1n) is 10.5. The summed E-state index contributed by atoms with van der Waals surface area (Å²) < 4.78 is 23.5. The third-order valence-corrected chi connectivity index (χ3v) is 6.51. The lowest BCUT2D eigenvalue weighted by atomic mass is 9.42. The van der Waals surface area contributed by atoms with Crippen molar-refractivity contribution in [3.05, 3.63) is 54.4 Å². The zero-order valence-corrected chi connectivity index (χ0v) is 22.4. The molecule has 0 fully saturated rings. The van der Waals surface area contributed by atoms with Crippen molar-refractivity contribution in [2.75, 3.05) is 0 Å². The van der Waals surface area contributed by atoms with Gasteiger partial charge in [0.05, 0.1) is 32.7 Å². The lowest BCUT2D eigenvalue weighted by molar-refractivity contribution is 0.118. The van der Waals surface area contributed by atoms with Crippen LogP contribution in [0.25, 0.3) is 22.8 Å². The average molecular weight is 585 g/mol. The molecule has 170 valence electrons. The molecule has 15 heteroatoms. The Morgan fingerprint density at radius 3 is 2.50 bits per heavy atom. The number of aromatic nitrogens is 5. The van der Waals surface area contributed by atoms with E-state index in [1.54, 1.807) is 24.5 Å². The summed E-state index contributed by atoms with van der Waals surface area (Å²) in [6.07, 6.45) is 4.75. The van der Waals surface area contributed by atoms with E-state index in [2.05, 4.69) is 46.1 Å². The summed E-state index contributed by atoms with van der Waals surface area (Å²) in [5.41, 5.74) is 3.17. The van der Waals surface area contributed by atoms with Gasteiger partial charge in [0, 0.05) is 38.4 Å². The van der Waals surface area contributed by atoms with Gasteiger partial charge in [-0.2, -0.15) is 0 Å². The van der Waals surface area contributed by atoms with Crippen molar-refractivity contribution in [1.29, 1.82) is 0 Å². The van der Waals surface area contributed by atoms with Crippen LogP contribution in [0.2, 0.25) is 0 Å². The number of hydrogen-bond donors (Lipinski definition) is 0. The summed E-state index contributed by atoms with van der Waals surface area (Å²) in [4.78, 5) is 21.5. The minimum atomic E-state index is -0.563. The standard InChI is InChI=1S/C19H20B4IN5O4S/c1-10-4-14(28-9-27-10)17-29-15-5-13(7-26-16(15)31-17)30-8-11-2-3-12(6-25-11)32-18(20,21)19(22,23)33-34-24/h2-7,9H,8,20-23H2,1H3. The Morgan fingerprint density at radius 2 is 1.79 bits per heavy atom. The number of rotatable bonds is 9. The molecular formula is C19H20B4IN5O4S. The molecule has 0 aliphatic heterocycles. The fraction of sp³-hybridized carbons (Fsp3) is 0.211. The van der Waals surface area contributed by atoms with E-state index in [1.165, 1.54) is 15.5 Å². The van der Waals surface area contributed by atoms with Crippen molar-refractivity contribution in [3.63, 3.8) is 0 Å². The van der Waals surface area contributed by atoms with Gasteiger partial charge in [-0.1, -0.05) is 0 Å². The Balaban J connectivity index is 1.41. The summed E-state index contributed by atoms with van der Waals surface area (Å²) in [6, 6.07) is 7.31. The third-order valence-electron chi connectivity index (χ3n) is 5.49. The minimum absolute atomic E-state index is 0.271. The topological polar surface area (TPSA) is 105 Å². The van der Waals surface area contributed by atoms with Crippen LogP contribution in [0.5, 0.6) is 11.5 Å². The van der Waals surface area contributed by atoms with Crippen LogP contribution in [0, 0.1) is 6.92 Å². The Hall–Kier alpha value is -2.25. The average Bonchev–Trinajstić information content (AvgIpc) is 3.22. The third kappa shape index (κ3) is 5.69. The van der Waals surface area contributed by atoms with E-state index in [-0.39, 0.29) is 6.61 Å². The second-order valence-electron chi connectivity index (χ2n) is 8.60. The number of oxazole rings is 1. The number of pyridine rings is 2. The lowest BCUT2D eigenvalue weighted by Crippen LogP contribution is -2.61. The smallest absolute Gasteiger partial charge is 0.248 e. The molecule has 0 unspecified atom stereocenters. The molecule has 0 saturated heterocycles. The predicted octanol–water partition coefficient (Wildman–Crippen LogP) is 0.196. The zero-order chi connectivity index (χ0) is 24.3. The van der Waals surface area contributed by atoms with Crippen molar-refractivity contribution in [2.24, 2.45) is 0 Å². The van der Waals surface area contributed by atoms with Crippen LogP contribution in [0.1, 0.15) is 11.4 Å². The molecule has 4 rings (SSSR count). The van der Waals surface area contributed by atoms with Crippen LogP contribution in [0.15, 0.2) is 47.4 Å². The molecule has 0 atom stereocenters. The normalized spacial score (nSPS) is 12.1. The van der Waals surface area contributed by atoms with Crippen LogP contribution in [-0.2, 0) is 10.8 Å². The molecule has 0 aromatic carbocycles. The first kappa shape index (κ1) is 24.9. The number of ether oxygens (including phenoxy) is 2. The molecule has 34 heavy (non-hydrogen) atoms. The second kappa shape index (κ2) is 10.2. The van der Waals surface area contributed by atoms with Crippen LogP contribution in [0.3, 0.4) is 0 Å². The quantitative estimate of drug-likeness (QED) is 0.154. The molecule has 0 radical (unpaired) electrons. The SMILES string of the molecule is BC(B)(OSI)C(B)(B)Oc1ccc(COc2cnc3oc(-c4cc(C)ncn4)nc3c2)nc1. The molecule has 4 aromatic heterocycles. The lowest BCUT2D eigenvalue weighted by Gasteiger charge is -2.41. The van der Waals surface area contributed by atoms with E-state index in [9.17, 15) is 0 Å². The Morgan fingerprint density at radius 1 is 1.00 bits per heavy atom. The first-order chi connectivity index (χ1) is 16.2. The molecular weight excluding hydrogens is 564 g/mol. The molecule has 0 amide bonds. The number of aryl methyl sites for hydroxylation is 1. The largest absolute Gasteiger partial charge is 0.502 e. The van der Waals surface area contributed by atoms with Crippen LogP contribution < -0.4 is 9.47 Å². The summed E-state index contributed by atoms with van der Waals surface area (Å²) in [5, 5.41) is -1.06. The Kier molecular flexibility index (Phi) is 7.43. The molecule has 0 spiro atoms. The fourth-order valence-electron chi connectivity index (χ4n) is 2.88. The highest BCUT2D eigenvalue weighted by Crippen LogP contribution is 2.29. The van der Waals surface area contributed by atoms with Crippen molar-refractivity contribution in [3.8, 4) is 23.1 Å². The predicted molar refractivity (Wildman–Crippen MR) is 149 cm³/mol. The van der Waals surface area contributed by atoms with E-state index in [1.807, 2.05) is 50.4 Å². The molecule has 0 saturated carbocycles. The van der Waals surface area contributed by atoms with Gasteiger partial charge in [-0.05, 0) is 25.1 Å². The molecule has 0 aliphatic carbocycles. The molecule has 0 bridgehead atoms. The van der Waals surface area contributed by atoms with E-state index >= 15 is 0 Å². The highest BCUT2D eigenvalue weighted by atomic mass is 127. The number of halogens is 1. The van der Waals surface area contributed by atoms with E-state index in [4.69, 9.17) is 18.1 Å². The van der Waals surface area contributed by atoms with Gasteiger partial charge in [0.2, 0.25) is 11.6 Å². The van der Waals surface area contributed by atoms with Gasteiger partial charge >= 0.3 is 0 Å². The Labute approximate surface area is 217 Å². The van der Waals surface area contributed by atoms with Crippen LogP contribution in [-0.4, -0.2) is 67.1 Å². The summed E-state index contributed by atoms with van der Waals surface area (Å²) in [7, 11) is 9.25. The highest BCUT2D eigenvalue weighted by Gasteiger charge is 2.40. The number of fused-ring (bicyclic) bond motifs is 1. The molecule has 0 aliphatic rings. The molecule has 4 aromatic rings. The van der Waals surface area contributed by atoms with Crippen LogP contribution >= 0.6 is 30.4 Å². The van der Waals surface area contributed by atoms with Crippen LogP contribution in [0.4, 0.5) is 0 Å². The maximum absolute atomic E-state index is 6.15. The Bertz CT molecular complexity index is 1300. The monoisotopic (exact) mass is 585 g/mol. The highest BCUT2D eigenvalue weighted by molar-refractivity contribution is 14.2. The van der Waals surface area contributed by atoms with Gasteiger partial charge in [-0.3, -0.25) is 4.98 Å².